The number of benzene rings is 1. The van der Waals surface area contributed by atoms with Crippen molar-refractivity contribution in [3.8, 4) is 0 Å². The van der Waals surface area contributed by atoms with Gasteiger partial charge in [0, 0.05) is 11.1 Å². The third-order valence-corrected chi connectivity index (χ3v) is 2.93. The molecule has 0 atom stereocenters. The number of amides is 1. The SMILES string of the molecule is Cc1ccc(/C=C/C(=O)NCc2ncn[nH]2)cc1Cl. The van der Waals surface area contributed by atoms with Gasteiger partial charge in [0.15, 0.2) is 0 Å². The molecule has 0 spiro atoms. The van der Waals surface area contributed by atoms with E-state index in [1.165, 1.54) is 12.4 Å². The Labute approximate surface area is 115 Å². The summed E-state index contributed by atoms with van der Waals surface area (Å²) in [6.07, 6.45) is 4.56. The number of nitrogens with zero attached hydrogens (tertiary/aromatic N) is 2. The number of hydrogen-bond acceptors (Lipinski definition) is 3. The summed E-state index contributed by atoms with van der Waals surface area (Å²) in [7, 11) is 0. The van der Waals surface area contributed by atoms with Crippen LogP contribution in [0.5, 0.6) is 0 Å². The molecule has 1 aromatic heterocycles. The third kappa shape index (κ3) is 3.93. The van der Waals surface area contributed by atoms with Gasteiger partial charge in [0.1, 0.15) is 12.2 Å². The largest absolute Gasteiger partial charge is 0.345 e. The van der Waals surface area contributed by atoms with Crippen LogP contribution in [-0.4, -0.2) is 21.1 Å². The number of nitrogens with one attached hydrogen (secondary N) is 2. The van der Waals surface area contributed by atoms with Gasteiger partial charge in [0.05, 0.1) is 6.54 Å². The van der Waals surface area contributed by atoms with Crippen LogP contribution in [0.25, 0.3) is 6.08 Å². The molecule has 0 aliphatic heterocycles. The fraction of sp³-hybridized carbons (Fsp3) is 0.154. The van der Waals surface area contributed by atoms with E-state index in [4.69, 9.17) is 11.6 Å². The van der Waals surface area contributed by atoms with Crippen LogP contribution in [0.4, 0.5) is 0 Å². The molecule has 2 N–H and O–H groups in total. The Balaban J connectivity index is 1.90. The molecule has 0 saturated heterocycles. The van der Waals surface area contributed by atoms with E-state index in [-0.39, 0.29) is 5.91 Å². The fourth-order valence-electron chi connectivity index (χ4n) is 1.43. The van der Waals surface area contributed by atoms with Crippen molar-refractivity contribution in [3.63, 3.8) is 0 Å². The zero-order valence-corrected chi connectivity index (χ0v) is 11.1. The minimum Gasteiger partial charge on any atom is -0.345 e. The van der Waals surface area contributed by atoms with Gasteiger partial charge in [-0.15, -0.1) is 0 Å². The van der Waals surface area contributed by atoms with Crippen LogP contribution in [0.15, 0.2) is 30.6 Å². The van der Waals surface area contributed by atoms with Crippen molar-refractivity contribution in [2.24, 2.45) is 0 Å². The number of carbonyl (C=O) groups excluding carboxylic acids is 1. The van der Waals surface area contributed by atoms with Gasteiger partial charge in [0.25, 0.3) is 0 Å². The van der Waals surface area contributed by atoms with Gasteiger partial charge in [0.2, 0.25) is 5.91 Å². The molecule has 1 heterocycles. The van der Waals surface area contributed by atoms with Crippen LogP contribution in [-0.2, 0) is 11.3 Å². The van der Waals surface area contributed by atoms with Crippen LogP contribution >= 0.6 is 11.6 Å². The predicted molar refractivity (Wildman–Crippen MR) is 73.5 cm³/mol. The third-order valence-electron chi connectivity index (χ3n) is 2.52. The van der Waals surface area contributed by atoms with Gasteiger partial charge in [-0.1, -0.05) is 23.7 Å². The van der Waals surface area contributed by atoms with Crippen LogP contribution in [0.1, 0.15) is 17.0 Å². The minimum atomic E-state index is -0.201. The molecule has 0 radical (unpaired) electrons. The minimum absolute atomic E-state index is 0.201. The fourth-order valence-corrected chi connectivity index (χ4v) is 1.62. The number of aromatic nitrogens is 3. The molecule has 1 amide bonds. The molecule has 0 unspecified atom stereocenters. The molecule has 0 aliphatic carbocycles. The van der Waals surface area contributed by atoms with Gasteiger partial charge < -0.3 is 5.32 Å². The highest BCUT2D eigenvalue weighted by molar-refractivity contribution is 6.31. The van der Waals surface area contributed by atoms with E-state index in [1.807, 2.05) is 25.1 Å². The molecule has 0 saturated carbocycles. The number of aryl methyl sites for hydroxylation is 1. The number of hydrogen-bond donors (Lipinski definition) is 2. The maximum atomic E-state index is 11.6. The van der Waals surface area contributed by atoms with Crippen LogP contribution in [0.3, 0.4) is 0 Å². The normalized spacial score (nSPS) is 10.8. The second-order valence-electron chi connectivity index (χ2n) is 3.99. The maximum Gasteiger partial charge on any atom is 0.244 e. The zero-order chi connectivity index (χ0) is 13.7. The molecule has 2 aromatic rings. The topological polar surface area (TPSA) is 70.7 Å². The number of H-pyrrole nitrogens is 1. The van der Waals surface area contributed by atoms with E-state index in [9.17, 15) is 4.79 Å². The molecular weight excluding hydrogens is 264 g/mol. The summed E-state index contributed by atoms with van der Waals surface area (Å²) in [5.41, 5.74) is 1.89. The van der Waals surface area contributed by atoms with Crippen molar-refractivity contribution in [3.05, 3.63) is 52.6 Å². The second kappa shape index (κ2) is 6.15. The van der Waals surface area contributed by atoms with Crippen molar-refractivity contribution < 1.29 is 4.79 Å². The summed E-state index contributed by atoms with van der Waals surface area (Å²) >= 11 is 6.00. The monoisotopic (exact) mass is 276 g/mol. The van der Waals surface area contributed by atoms with Crippen LogP contribution in [0, 0.1) is 6.92 Å². The van der Waals surface area contributed by atoms with Gasteiger partial charge in [-0.2, -0.15) is 5.10 Å². The van der Waals surface area contributed by atoms with Crippen molar-refractivity contribution in [1.29, 1.82) is 0 Å². The van der Waals surface area contributed by atoms with Gasteiger partial charge >= 0.3 is 0 Å². The lowest BCUT2D eigenvalue weighted by molar-refractivity contribution is -0.116. The first kappa shape index (κ1) is 13.3. The Morgan fingerprint density at radius 1 is 1.53 bits per heavy atom. The highest BCUT2D eigenvalue weighted by Crippen LogP contribution is 2.17. The molecule has 0 aliphatic rings. The first-order valence-corrected chi connectivity index (χ1v) is 6.09. The van der Waals surface area contributed by atoms with E-state index in [1.54, 1.807) is 6.08 Å². The number of halogens is 1. The standard InChI is InChI=1S/C13H13ClN4O/c1-9-2-3-10(6-11(9)14)4-5-13(19)15-7-12-16-8-17-18-12/h2-6,8H,7H2,1H3,(H,15,19)(H,16,17,18)/b5-4+. The molecule has 2 rings (SSSR count). The van der Waals surface area contributed by atoms with E-state index < -0.39 is 0 Å². The van der Waals surface area contributed by atoms with Crippen molar-refractivity contribution >= 4 is 23.6 Å². The Morgan fingerprint density at radius 3 is 3.05 bits per heavy atom. The predicted octanol–water partition coefficient (Wildman–Crippen LogP) is 2.10. The summed E-state index contributed by atoms with van der Waals surface area (Å²) in [6.45, 7) is 2.25. The van der Waals surface area contributed by atoms with Gasteiger partial charge in [-0.05, 0) is 30.2 Å². The molecule has 5 nitrogen and oxygen atoms in total. The van der Waals surface area contributed by atoms with E-state index in [0.29, 0.717) is 17.4 Å². The molecule has 0 fully saturated rings. The van der Waals surface area contributed by atoms with E-state index in [2.05, 4.69) is 20.5 Å². The van der Waals surface area contributed by atoms with Gasteiger partial charge in [-0.25, -0.2) is 4.98 Å². The summed E-state index contributed by atoms with van der Waals surface area (Å²) in [4.78, 5) is 15.5. The lowest BCUT2D eigenvalue weighted by Gasteiger charge is -2.00. The highest BCUT2D eigenvalue weighted by Gasteiger charge is 1.99. The number of carbonyl (C=O) groups is 1. The second-order valence-corrected chi connectivity index (χ2v) is 4.40. The maximum absolute atomic E-state index is 11.6. The smallest absolute Gasteiger partial charge is 0.244 e. The first-order chi connectivity index (χ1) is 9.15. The number of rotatable bonds is 4. The quantitative estimate of drug-likeness (QED) is 0.840. The Morgan fingerprint density at radius 2 is 2.37 bits per heavy atom. The highest BCUT2D eigenvalue weighted by atomic mass is 35.5. The lowest BCUT2D eigenvalue weighted by Crippen LogP contribution is -2.20. The summed E-state index contributed by atoms with van der Waals surface area (Å²) in [6, 6.07) is 5.63. The number of aromatic amines is 1. The lowest BCUT2D eigenvalue weighted by atomic mass is 10.1. The van der Waals surface area contributed by atoms with Crippen LogP contribution < -0.4 is 5.32 Å². The van der Waals surface area contributed by atoms with Gasteiger partial charge in [-0.3, -0.25) is 9.89 Å². The summed E-state index contributed by atoms with van der Waals surface area (Å²) in [5, 5.41) is 9.73. The average Bonchev–Trinajstić information content (AvgIpc) is 2.91. The summed E-state index contributed by atoms with van der Waals surface area (Å²) in [5.74, 6) is 0.410. The van der Waals surface area contributed by atoms with E-state index in [0.717, 1.165) is 11.1 Å². The Kier molecular flexibility index (Phi) is 4.30. The Hall–Kier alpha value is -2.14. The van der Waals surface area contributed by atoms with Crippen LogP contribution in [0.2, 0.25) is 5.02 Å². The van der Waals surface area contributed by atoms with E-state index >= 15 is 0 Å². The molecule has 98 valence electrons. The average molecular weight is 277 g/mol. The molecule has 0 bridgehead atoms. The van der Waals surface area contributed by atoms with Crippen molar-refractivity contribution in [1.82, 2.24) is 20.5 Å². The molecule has 6 heteroatoms. The molecule has 1 aromatic carbocycles. The molecule has 19 heavy (non-hydrogen) atoms. The van der Waals surface area contributed by atoms with Crippen molar-refractivity contribution in [2.75, 3.05) is 0 Å². The Bertz CT molecular complexity index is 593. The summed E-state index contributed by atoms with van der Waals surface area (Å²) < 4.78 is 0. The zero-order valence-electron chi connectivity index (χ0n) is 10.4. The first-order valence-electron chi connectivity index (χ1n) is 5.71. The van der Waals surface area contributed by atoms with Crippen molar-refractivity contribution in [2.45, 2.75) is 13.5 Å². The molecular formula is C13H13ClN4O.